The molecular formula is C44H38N4Pt. The molecule has 4 aromatic carbocycles. The SMILES string of the molecule is C1=CC2NC1C(c1ccccc1)c1ccc([n-]1)C(c1ccccc1)C1C=CC(N1)C(c1ccccc1)c1ccc([n-]1)C2c1ccccc1.[Pt+2]. The Labute approximate surface area is 303 Å². The van der Waals surface area contributed by atoms with E-state index in [1.54, 1.807) is 0 Å². The van der Waals surface area contributed by atoms with Crippen LogP contribution in [0.1, 0.15) is 68.7 Å². The Morgan fingerprint density at radius 2 is 0.531 bits per heavy atom. The number of nitrogens with one attached hydrogen (secondary N) is 2. The number of hydrogen-bond acceptors (Lipinski definition) is 2. The summed E-state index contributed by atoms with van der Waals surface area (Å²) in [7, 11) is 0. The van der Waals surface area contributed by atoms with Gasteiger partial charge in [-0.15, -0.1) is 0 Å². The van der Waals surface area contributed by atoms with Crippen LogP contribution in [0.5, 0.6) is 0 Å². The fourth-order valence-corrected chi connectivity index (χ4v) is 8.35. The molecule has 244 valence electrons. The minimum atomic E-state index is 0. The third-order valence-corrected chi connectivity index (χ3v) is 10.5. The number of fused-ring (bicyclic) bond motifs is 8. The summed E-state index contributed by atoms with van der Waals surface area (Å²) in [6.07, 6.45) is 9.45. The molecule has 3 aliphatic heterocycles. The van der Waals surface area contributed by atoms with Crippen LogP contribution < -0.4 is 20.6 Å². The van der Waals surface area contributed by atoms with E-state index < -0.39 is 0 Å². The van der Waals surface area contributed by atoms with Gasteiger partial charge in [0.1, 0.15) is 0 Å². The Morgan fingerprint density at radius 3 is 0.755 bits per heavy atom. The molecule has 8 unspecified atom stereocenters. The Morgan fingerprint density at radius 1 is 0.306 bits per heavy atom. The van der Waals surface area contributed by atoms with Crippen LogP contribution in [-0.4, -0.2) is 24.2 Å². The van der Waals surface area contributed by atoms with Crippen molar-refractivity contribution in [2.45, 2.75) is 47.8 Å². The van der Waals surface area contributed by atoms with Gasteiger partial charge in [-0.2, -0.15) is 22.8 Å². The van der Waals surface area contributed by atoms with Gasteiger partial charge in [-0.1, -0.05) is 170 Å². The Bertz CT molecular complexity index is 1740. The first kappa shape index (κ1) is 31.8. The maximum Gasteiger partial charge on any atom is 2.00 e. The van der Waals surface area contributed by atoms with Gasteiger partial charge in [-0.05, 0) is 22.3 Å². The molecule has 5 heterocycles. The average molecular weight is 818 g/mol. The Kier molecular flexibility index (Phi) is 8.95. The van der Waals surface area contributed by atoms with E-state index >= 15 is 0 Å². The van der Waals surface area contributed by atoms with Gasteiger partial charge in [-0.25, -0.2) is 0 Å². The number of nitrogens with zero attached hydrogens (tertiary/aromatic N) is 2. The molecule has 8 bridgehead atoms. The second kappa shape index (κ2) is 13.8. The largest absolute Gasteiger partial charge is 2.00 e. The Hall–Kier alpha value is -4.47. The Balaban J connectivity index is 0.00000348. The van der Waals surface area contributed by atoms with Crippen LogP contribution in [0.4, 0.5) is 0 Å². The van der Waals surface area contributed by atoms with Crippen LogP contribution in [0.3, 0.4) is 0 Å². The van der Waals surface area contributed by atoms with E-state index in [0.717, 1.165) is 22.8 Å². The third-order valence-electron chi connectivity index (χ3n) is 10.5. The molecular weight excluding hydrogens is 780 g/mol. The topological polar surface area (TPSA) is 52.3 Å². The molecule has 6 aromatic rings. The molecule has 0 spiro atoms. The first-order chi connectivity index (χ1) is 23.8. The first-order valence-corrected chi connectivity index (χ1v) is 17.2. The smallest absolute Gasteiger partial charge is 0.664 e. The van der Waals surface area contributed by atoms with Gasteiger partial charge in [-0.3, -0.25) is 0 Å². The van der Waals surface area contributed by atoms with Crippen LogP contribution in [0.2, 0.25) is 0 Å². The zero-order valence-electron chi connectivity index (χ0n) is 27.0. The first-order valence-electron chi connectivity index (χ1n) is 17.2. The van der Waals surface area contributed by atoms with Crippen LogP contribution >= 0.6 is 0 Å². The number of rotatable bonds is 4. The predicted octanol–water partition coefficient (Wildman–Crippen LogP) is 7.63. The standard InChI is InChI=1S/C44H38N4.Pt/c1-5-13-29(14-6-1)41-33-21-23-35(45-33)42(30-15-7-2-8-16-30)37-25-27-39(47-37)44(32-19-11-4-12-20-32)40-28-26-38(48-40)43(31-17-9-3-10-18-31)36-24-22-34(41)46-36;/h1-28,33,35,38,40-45,48H;/q-2;+2. The molecule has 4 nitrogen and oxygen atoms in total. The van der Waals surface area contributed by atoms with E-state index in [4.69, 9.17) is 9.97 Å². The molecule has 2 N–H and O–H groups in total. The zero-order chi connectivity index (χ0) is 31.9. The summed E-state index contributed by atoms with van der Waals surface area (Å²) in [5.74, 6) is 0.250. The van der Waals surface area contributed by atoms with Crippen molar-refractivity contribution >= 4 is 0 Å². The fraction of sp³-hybridized carbons (Fsp3) is 0.182. The van der Waals surface area contributed by atoms with Crippen molar-refractivity contribution in [3.05, 3.63) is 215 Å². The quantitative estimate of drug-likeness (QED) is 0.180. The molecule has 0 saturated carbocycles. The summed E-state index contributed by atoms with van der Waals surface area (Å²) >= 11 is 0. The van der Waals surface area contributed by atoms with Crippen molar-refractivity contribution in [2.75, 3.05) is 0 Å². The van der Waals surface area contributed by atoms with Gasteiger partial charge in [0.05, 0.1) is 0 Å². The van der Waals surface area contributed by atoms with Crippen LogP contribution in [-0.2, 0) is 21.1 Å². The second-order valence-corrected chi connectivity index (χ2v) is 13.3. The maximum atomic E-state index is 5.50. The molecule has 2 aromatic heterocycles. The van der Waals surface area contributed by atoms with Crippen LogP contribution in [0, 0.1) is 0 Å². The van der Waals surface area contributed by atoms with Crippen molar-refractivity contribution in [3.63, 3.8) is 0 Å². The maximum absolute atomic E-state index is 5.50. The van der Waals surface area contributed by atoms with Crippen LogP contribution in [0.25, 0.3) is 0 Å². The van der Waals surface area contributed by atoms with E-state index in [2.05, 4.69) is 181 Å². The normalized spacial score (nSPS) is 27.1. The minimum Gasteiger partial charge on any atom is -0.664 e. The third kappa shape index (κ3) is 6.04. The van der Waals surface area contributed by atoms with E-state index in [9.17, 15) is 0 Å². The van der Waals surface area contributed by atoms with Gasteiger partial charge in [0.25, 0.3) is 0 Å². The molecule has 0 fully saturated rings. The van der Waals surface area contributed by atoms with Gasteiger partial charge >= 0.3 is 21.1 Å². The predicted molar refractivity (Wildman–Crippen MR) is 192 cm³/mol. The van der Waals surface area contributed by atoms with E-state index in [0.29, 0.717) is 0 Å². The molecule has 49 heavy (non-hydrogen) atoms. The summed E-state index contributed by atoms with van der Waals surface area (Å²) in [6.45, 7) is 0. The molecule has 0 amide bonds. The fourth-order valence-electron chi connectivity index (χ4n) is 8.35. The second-order valence-electron chi connectivity index (χ2n) is 13.3. The number of hydrogen-bond donors (Lipinski definition) is 2. The zero-order valence-corrected chi connectivity index (χ0v) is 29.3. The molecule has 5 heteroatoms. The van der Waals surface area contributed by atoms with E-state index in [1.807, 2.05) is 0 Å². The van der Waals surface area contributed by atoms with Crippen LogP contribution in [0.15, 0.2) is 170 Å². The van der Waals surface area contributed by atoms with Crippen molar-refractivity contribution in [3.8, 4) is 0 Å². The van der Waals surface area contributed by atoms with Crippen molar-refractivity contribution in [2.24, 2.45) is 0 Å². The van der Waals surface area contributed by atoms with Gasteiger partial charge < -0.3 is 20.6 Å². The van der Waals surface area contributed by atoms with Gasteiger partial charge in [0, 0.05) is 47.8 Å². The summed E-state index contributed by atoms with van der Waals surface area (Å²) in [4.78, 5) is 11.0. The summed E-state index contributed by atoms with van der Waals surface area (Å²) < 4.78 is 0. The van der Waals surface area contributed by atoms with Crippen molar-refractivity contribution in [1.29, 1.82) is 0 Å². The van der Waals surface area contributed by atoms with Gasteiger partial charge in [0.2, 0.25) is 0 Å². The molecule has 0 aliphatic carbocycles. The monoisotopic (exact) mass is 817 g/mol. The minimum absolute atomic E-state index is 0. The molecule has 3 aliphatic rings. The van der Waals surface area contributed by atoms with Crippen molar-refractivity contribution < 1.29 is 21.1 Å². The molecule has 8 atom stereocenters. The number of aromatic nitrogens is 2. The van der Waals surface area contributed by atoms with Crippen molar-refractivity contribution in [1.82, 2.24) is 20.6 Å². The van der Waals surface area contributed by atoms with Gasteiger partial charge in [0.15, 0.2) is 0 Å². The summed E-state index contributed by atoms with van der Waals surface area (Å²) in [5, 5.41) is 8.13. The summed E-state index contributed by atoms with van der Waals surface area (Å²) in [5.41, 5.74) is 9.42. The number of benzene rings is 4. The molecule has 9 rings (SSSR count). The van der Waals surface area contributed by atoms with E-state index in [1.165, 1.54) is 22.3 Å². The molecule has 0 saturated heterocycles. The molecule has 0 radical (unpaired) electrons. The summed E-state index contributed by atoms with van der Waals surface area (Å²) in [6, 6.07) is 52.7. The van der Waals surface area contributed by atoms with E-state index in [-0.39, 0.29) is 68.9 Å². The average Bonchev–Trinajstić information content (AvgIpc) is 3.98.